The first-order valence-electron chi connectivity index (χ1n) is 5.06. The summed E-state index contributed by atoms with van der Waals surface area (Å²) < 4.78 is 0. The van der Waals surface area contributed by atoms with Crippen molar-refractivity contribution in [3.8, 4) is 0 Å². The van der Waals surface area contributed by atoms with E-state index in [1.54, 1.807) is 0 Å². The molecule has 0 unspecified atom stereocenters. The number of fused-ring (bicyclic) bond motifs is 1. The highest BCUT2D eigenvalue weighted by molar-refractivity contribution is 4.96. The van der Waals surface area contributed by atoms with Crippen LogP contribution in [0.5, 0.6) is 0 Å². The van der Waals surface area contributed by atoms with Crippen molar-refractivity contribution in [1.82, 2.24) is 4.90 Å². The zero-order valence-electron chi connectivity index (χ0n) is 8.19. The second-order valence-electron chi connectivity index (χ2n) is 3.69. The van der Waals surface area contributed by atoms with Crippen LogP contribution >= 0.6 is 0 Å². The molecule has 0 aromatic heterocycles. The van der Waals surface area contributed by atoms with Crippen molar-refractivity contribution in [3.63, 3.8) is 0 Å². The van der Waals surface area contributed by atoms with Gasteiger partial charge in [0, 0.05) is 5.54 Å². The summed E-state index contributed by atoms with van der Waals surface area (Å²) in [6, 6.07) is 0. The fraction of sp³-hybridized carbons (Fsp3) is 1.00. The van der Waals surface area contributed by atoms with Crippen LogP contribution in [0.25, 0.3) is 0 Å². The van der Waals surface area contributed by atoms with E-state index in [0.717, 1.165) is 0 Å². The number of nitrogens with zero attached hydrogens (tertiary/aromatic N) is 1. The highest BCUT2D eigenvalue weighted by Gasteiger charge is 2.39. The van der Waals surface area contributed by atoms with E-state index in [1.165, 1.54) is 38.8 Å². The van der Waals surface area contributed by atoms with Gasteiger partial charge in [0.2, 0.25) is 0 Å². The number of hydrogen-bond acceptors (Lipinski definition) is 1. The summed E-state index contributed by atoms with van der Waals surface area (Å²) >= 11 is 0. The van der Waals surface area contributed by atoms with Crippen molar-refractivity contribution in [3.05, 3.63) is 0 Å². The Morgan fingerprint density at radius 3 is 1.82 bits per heavy atom. The normalized spacial score (nSPS) is 27.5. The molecule has 66 valence electrons. The first kappa shape index (κ1) is 9.05. The van der Waals surface area contributed by atoms with Crippen molar-refractivity contribution in [2.75, 3.05) is 13.1 Å². The van der Waals surface area contributed by atoms with Gasteiger partial charge in [-0.05, 0) is 45.7 Å². The van der Waals surface area contributed by atoms with Crippen LogP contribution in [-0.4, -0.2) is 23.5 Å². The van der Waals surface area contributed by atoms with E-state index in [4.69, 9.17) is 0 Å². The minimum atomic E-state index is 0.639. The van der Waals surface area contributed by atoms with Crippen LogP contribution in [0.1, 0.15) is 46.5 Å². The molecule has 0 bridgehead atoms. The summed E-state index contributed by atoms with van der Waals surface area (Å²) in [5.74, 6) is 0. The summed E-state index contributed by atoms with van der Waals surface area (Å²) in [5.41, 5.74) is 0.639. The highest BCUT2D eigenvalue weighted by atomic mass is 15.2. The molecule has 2 heterocycles. The molecule has 2 fully saturated rings. The van der Waals surface area contributed by atoms with Crippen molar-refractivity contribution in [2.24, 2.45) is 0 Å². The van der Waals surface area contributed by atoms with Crippen LogP contribution in [-0.2, 0) is 0 Å². The van der Waals surface area contributed by atoms with Crippen molar-refractivity contribution in [1.29, 1.82) is 0 Å². The van der Waals surface area contributed by atoms with Gasteiger partial charge in [0.25, 0.3) is 0 Å². The molecule has 0 radical (unpaired) electrons. The van der Waals surface area contributed by atoms with Gasteiger partial charge in [-0.2, -0.15) is 0 Å². The van der Waals surface area contributed by atoms with Crippen LogP contribution in [0.3, 0.4) is 0 Å². The largest absolute Gasteiger partial charge is 0.298 e. The van der Waals surface area contributed by atoms with E-state index >= 15 is 0 Å². The molecule has 2 aliphatic heterocycles. The molecule has 0 aliphatic carbocycles. The molecule has 0 aromatic carbocycles. The topological polar surface area (TPSA) is 3.24 Å². The quantitative estimate of drug-likeness (QED) is 0.520. The first-order chi connectivity index (χ1) is 5.31. The van der Waals surface area contributed by atoms with Gasteiger partial charge >= 0.3 is 0 Å². The van der Waals surface area contributed by atoms with Gasteiger partial charge in [-0.15, -0.1) is 0 Å². The lowest BCUT2D eigenvalue weighted by Crippen LogP contribution is -2.34. The molecule has 0 atom stereocenters. The lowest BCUT2D eigenvalue weighted by Gasteiger charge is -2.26. The van der Waals surface area contributed by atoms with Crippen molar-refractivity contribution >= 4 is 0 Å². The third-order valence-corrected chi connectivity index (χ3v) is 3.05. The van der Waals surface area contributed by atoms with Crippen molar-refractivity contribution < 1.29 is 0 Å². The molecule has 0 aromatic rings. The zero-order chi connectivity index (χ0) is 8.32. The summed E-state index contributed by atoms with van der Waals surface area (Å²) in [6.45, 7) is 9.17. The molecule has 1 heteroatoms. The van der Waals surface area contributed by atoms with Crippen LogP contribution in [0.15, 0.2) is 0 Å². The Hall–Kier alpha value is -0.0400. The Labute approximate surface area is 70.8 Å². The SMILES string of the molecule is CC.CC12CCCN1CCC2. The highest BCUT2D eigenvalue weighted by Crippen LogP contribution is 2.37. The monoisotopic (exact) mass is 155 g/mol. The predicted molar refractivity (Wildman–Crippen MR) is 49.8 cm³/mol. The molecule has 0 N–H and O–H groups in total. The van der Waals surface area contributed by atoms with E-state index in [2.05, 4.69) is 11.8 Å². The molecule has 11 heavy (non-hydrogen) atoms. The predicted octanol–water partition coefficient (Wildman–Crippen LogP) is 2.66. The molecule has 0 saturated carbocycles. The average molecular weight is 155 g/mol. The fourth-order valence-electron chi connectivity index (χ4n) is 2.39. The van der Waals surface area contributed by atoms with E-state index in [0.29, 0.717) is 5.54 Å². The third kappa shape index (κ3) is 1.58. The second kappa shape index (κ2) is 3.57. The van der Waals surface area contributed by atoms with Crippen LogP contribution in [0.2, 0.25) is 0 Å². The Balaban J connectivity index is 0.000000281. The summed E-state index contributed by atoms with van der Waals surface area (Å²) in [6.07, 6.45) is 5.78. The second-order valence-corrected chi connectivity index (χ2v) is 3.69. The van der Waals surface area contributed by atoms with Gasteiger partial charge in [0.05, 0.1) is 0 Å². The molecule has 0 amide bonds. The lowest BCUT2D eigenvalue weighted by molar-refractivity contribution is 0.218. The van der Waals surface area contributed by atoms with Crippen LogP contribution < -0.4 is 0 Å². The van der Waals surface area contributed by atoms with Gasteiger partial charge in [0.1, 0.15) is 0 Å². The van der Waals surface area contributed by atoms with Gasteiger partial charge in [-0.3, -0.25) is 4.90 Å². The summed E-state index contributed by atoms with van der Waals surface area (Å²) in [7, 11) is 0. The molecular formula is C10H21N. The molecule has 2 rings (SSSR count). The molecule has 0 spiro atoms. The van der Waals surface area contributed by atoms with E-state index in [1.807, 2.05) is 13.8 Å². The Morgan fingerprint density at radius 1 is 1.00 bits per heavy atom. The number of hydrogen-bond donors (Lipinski definition) is 0. The Kier molecular flexibility index (Phi) is 2.94. The third-order valence-electron chi connectivity index (χ3n) is 3.05. The zero-order valence-corrected chi connectivity index (χ0v) is 8.19. The Bertz CT molecular complexity index is 110. The fourth-order valence-corrected chi connectivity index (χ4v) is 2.39. The Morgan fingerprint density at radius 2 is 1.45 bits per heavy atom. The maximum absolute atomic E-state index is 2.66. The minimum absolute atomic E-state index is 0.639. The number of rotatable bonds is 0. The van der Waals surface area contributed by atoms with Gasteiger partial charge in [0.15, 0.2) is 0 Å². The standard InChI is InChI=1S/C8H15N.C2H6/c1-8-4-2-6-9(8)7-3-5-8;1-2/h2-7H2,1H3;1-2H3. The van der Waals surface area contributed by atoms with Crippen molar-refractivity contribution in [2.45, 2.75) is 52.0 Å². The maximum Gasteiger partial charge on any atom is 0.0182 e. The first-order valence-corrected chi connectivity index (χ1v) is 5.06. The summed E-state index contributed by atoms with van der Waals surface area (Å²) in [5, 5.41) is 0. The average Bonchev–Trinajstić information content (AvgIpc) is 2.49. The lowest BCUT2D eigenvalue weighted by atomic mass is 9.97. The maximum atomic E-state index is 2.66. The van der Waals surface area contributed by atoms with Gasteiger partial charge in [-0.25, -0.2) is 0 Å². The van der Waals surface area contributed by atoms with E-state index in [-0.39, 0.29) is 0 Å². The molecule has 1 nitrogen and oxygen atoms in total. The van der Waals surface area contributed by atoms with Gasteiger partial charge in [-0.1, -0.05) is 13.8 Å². The smallest absolute Gasteiger partial charge is 0.0182 e. The molecular weight excluding hydrogens is 134 g/mol. The van der Waals surface area contributed by atoms with E-state index < -0.39 is 0 Å². The van der Waals surface area contributed by atoms with Crippen LogP contribution in [0, 0.1) is 0 Å². The van der Waals surface area contributed by atoms with Gasteiger partial charge < -0.3 is 0 Å². The minimum Gasteiger partial charge on any atom is -0.298 e. The van der Waals surface area contributed by atoms with Crippen LogP contribution in [0.4, 0.5) is 0 Å². The summed E-state index contributed by atoms with van der Waals surface area (Å²) in [4.78, 5) is 2.66. The molecule has 2 saturated heterocycles. The van der Waals surface area contributed by atoms with E-state index in [9.17, 15) is 0 Å². The molecule has 2 aliphatic rings.